The molecule has 43 heavy (non-hydrogen) atoms. The number of rotatable bonds is 20. The molecule has 2 aromatic carbocycles. The Morgan fingerprint density at radius 2 is 1.51 bits per heavy atom. The average molecular weight is 597 g/mol. The lowest BCUT2D eigenvalue weighted by molar-refractivity contribution is -0.137. The van der Waals surface area contributed by atoms with Crippen molar-refractivity contribution in [3.8, 4) is 16.9 Å². The van der Waals surface area contributed by atoms with E-state index in [2.05, 4.69) is 13.8 Å². The molecule has 4 rings (SSSR count). The largest absolute Gasteiger partial charge is 0.494 e. The zero-order valence-corrected chi connectivity index (χ0v) is 26.2. The van der Waals surface area contributed by atoms with Gasteiger partial charge in [-0.1, -0.05) is 94.8 Å². The van der Waals surface area contributed by atoms with Crippen molar-refractivity contribution in [2.75, 3.05) is 39.6 Å². The molecular weight excluding hydrogens is 546 g/mol. The van der Waals surface area contributed by atoms with Crippen LogP contribution < -0.4 is 4.74 Å². The second kappa shape index (κ2) is 17.0. The smallest absolute Gasteiger partial charge is 0.194 e. The van der Waals surface area contributed by atoms with E-state index in [9.17, 15) is 0 Å². The number of alkyl halides is 1. The van der Waals surface area contributed by atoms with Gasteiger partial charge in [0.05, 0.1) is 33.0 Å². The fourth-order valence-electron chi connectivity index (χ4n) is 5.63. The Morgan fingerprint density at radius 3 is 2.26 bits per heavy atom. The summed E-state index contributed by atoms with van der Waals surface area (Å²) in [6, 6.07) is 14.8. The Labute approximate surface area is 257 Å². The van der Waals surface area contributed by atoms with E-state index in [0.717, 1.165) is 82.7 Å². The number of ether oxygens (including phenoxy) is 4. The molecule has 2 aromatic rings. The fourth-order valence-corrected chi connectivity index (χ4v) is 5.63. The summed E-state index contributed by atoms with van der Waals surface area (Å²) in [6.07, 6.45) is 14.0. The third-order valence-electron chi connectivity index (χ3n) is 8.29. The maximum absolute atomic E-state index is 16.6. The van der Waals surface area contributed by atoms with Crippen LogP contribution in [0.25, 0.3) is 11.1 Å². The van der Waals surface area contributed by atoms with Gasteiger partial charge in [-0.05, 0) is 55.0 Å². The summed E-state index contributed by atoms with van der Waals surface area (Å²) in [7, 11) is 0. The molecule has 1 atom stereocenters. The van der Waals surface area contributed by atoms with Crippen molar-refractivity contribution in [3.05, 3.63) is 77.8 Å². The molecule has 2 aliphatic rings. The van der Waals surface area contributed by atoms with Crippen LogP contribution in [0.5, 0.6) is 5.75 Å². The highest BCUT2D eigenvalue weighted by Gasteiger charge is 2.42. The molecule has 1 fully saturated rings. The molecule has 236 valence electrons. The maximum atomic E-state index is 16.6. The van der Waals surface area contributed by atoms with E-state index in [1.54, 1.807) is 24.3 Å². The molecule has 0 radical (unpaired) electrons. The van der Waals surface area contributed by atoms with E-state index >= 15 is 8.78 Å². The molecule has 1 heterocycles. The SMILES string of the molecule is CCCCCCCCOC1=C(F)C(F)(c2ccccc2-c2cccc(OCCCCCCOCC3(C)COC3)c2)CC=C1. The molecule has 0 amide bonds. The first-order valence-electron chi connectivity index (χ1n) is 16.3. The van der Waals surface area contributed by atoms with Gasteiger partial charge in [-0.25, -0.2) is 8.78 Å². The Morgan fingerprint density at radius 1 is 0.814 bits per heavy atom. The lowest BCUT2D eigenvalue weighted by Gasteiger charge is -2.37. The van der Waals surface area contributed by atoms with Gasteiger partial charge in [0.15, 0.2) is 17.3 Å². The van der Waals surface area contributed by atoms with E-state index in [4.69, 9.17) is 18.9 Å². The van der Waals surface area contributed by atoms with Crippen molar-refractivity contribution >= 4 is 0 Å². The molecule has 0 N–H and O–H groups in total. The van der Waals surface area contributed by atoms with Crippen molar-refractivity contribution in [3.63, 3.8) is 0 Å². The van der Waals surface area contributed by atoms with Gasteiger partial charge < -0.3 is 18.9 Å². The molecule has 1 unspecified atom stereocenters. The first-order chi connectivity index (χ1) is 21.0. The highest BCUT2D eigenvalue weighted by Crippen LogP contribution is 2.47. The van der Waals surface area contributed by atoms with Gasteiger partial charge >= 0.3 is 0 Å². The lowest BCUT2D eigenvalue weighted by atomic mass is 9.83. The second-order valence-corrected chi connectivity index (χ2v) is 12.4. The van der Waals surface area contributed by atoms with Crippen molar-refractivity contribution < 1.29 is 27.7 Å². The molecule has 1 aliphatic heterocycles. The van der Waals surface area contributed by atoms with E-state index < -0.39 is 11.5 Å². The van der Waals surface area contributed by atoms with Crippen LogP contribution in [-0.2, 0) is 19.9 Å². The van der Waals surface area contributed by atoms with Crippen LogP contribution in [-0.4, -0.2) is 39.6 Å². The van der Waals surface area contributed by atoms with Crippen LogP contribution in [0, 0.1) is 5.41 Å². The van der Waals surface area contributed by atoms with Gasteiger partial charge in [0, 0.05) is 24.0 Å². The Balaban J connectivity index is 1.29. The average Bonchev–Trinajstić information content (AvgIpc) is 3.01. The van der Waals surface area contributed by atoms with Crippen LogP contribution in [0.4, 0.5) is 8.78 Å². The van der Waals surface area contributed by atoms with Gasteiger partial charge in [0.25, 0.3) is 0 Å². The highest BCUT2D eigenvalue weighted by atomic mass is 19.2. The molecule has 0 bridgehead atoms. The number of halogens is 2. The van der Waals surface area contributed by atoms with E-state index in [1.807, 2.05) is 36.4 Å². The third kappa shape index (κ3) is 9.64. The summed E-state index contributed by atoms with van der Waals surface area (Å²) in [5.74, 6) is -0.123. The molecule has 1 aliphatic carbocycles. The number of unbranched alkanes of at least 4 members (excludes halogenated alkanes) is 8. The van der Waals surface area contributed by atoms with E-state index in [-0.39, 0.29) is 17.6 Å². The molecule has 0 spiro atoms. The molecule has 1 saturated heterocycles. The topological polar surface area (TPSA) is 36.9 Å². The van der Waals surface area contributed by atoms with Gasteiger partial charge in [-0.3, -0.25) is 0 Å². The van der Waals surface area contributed by atoms with Crippen molar-refractivity contribution in [1.29, 1.82) is 0 Å². The minimum absolute atomic E-state index is 0.00278. The standard InChI is InChI=1S/C37H50F2O4/c1-3-4-5-6-7-14-25-43-34-21-16-22-37(39,35(34)38)33-20-11-10-19-32(33)30-17-15-18-31(26-30)42-24-13-9-8-12-23-40-27-36(2)28-41-29-36/h10-11,15-21,26H,3-9,12-14,22-25,27-29H2,1-2H3. The highest BCUT2D eigenvalue weighted by molar-refractivity contribution is 5.71. The molecule has 0 aromatic heterocycles. The summed E-state index contributed by atoms with van der Waals surface area (Å²) in [5, 5.41) is 0. The van der Waals surface area contributed by atoms with Crippen LogP contribution in [0.1, 0.15) is 90.0 Å². The summed E-state index contributed by atoms with van der Waals surface area (Å²) in [4.78, 5) is 0. The third-order valence-corrected chi connectivity index (χ3v) is 8.29. The Hall–Kier alpha value is -2.70. The molecule has 6 heteroatoms. The number of allylic oxidation sites excluding steroid dienone is 3. The summed E-state index contributed by atoms with van der Waals surface area (Å²) >= 11 is 0. The first kappa shape index (κ1) is 33.2. The van der Waals surface area contributed by atoms with Gasteiger partial charge in [0.1, 0.15) is 5.75 Å². The van der Waals surface area contributed by atoms with Gasteiger partial charge in [0.2, 0.25) is 0 Å². The minimum atomic E-state index is -2.29. The zero-order chi connectivity index (χ0) is 30.4. The van der Waals surface area contributed by atoms with Crippen LogP contribution in [0.15, 0.2) is 72.3 Å². The summed E-state index contributed by atoms with van der Waals surface area (Å²) in [6.45, 7) is 8.53. The van der Waals surface area contributed by atoms with Crippen molar-refractivity contribution in [1.82, 2.24) is 0 Å². The normalized spacial score (nSPS) is 19.3. The van der Waals surface area contributed by atoms with Gasteiger partial charge in [-0.2, -0.15) is 0 Å². The Bertz CT molecular complexity index is 1190. The lowest BCUT2D eigenvalue weighted by Crippen LogP contribution is -2.43. The predicted octanol–water partition coefficient (Wildman–Crippen LogP) is 10.0. The zero-order valence-electron chi connectivity index (χ0n) is 26.2. The molecule has 4 nitrogen and oxygen atoms in total. The summed E-state index contributed by atoms with van der Waals surface area (Å²) in [5.41, 5.74) is -0.332. The van der Waals surface area contributed by atoms with Crippen molar-refractivity contribution in [2.24, 2.45) is 5.41 Å². The van der Waals surface area contributed by atoms with Crippen molar-refractivity contribution in [2.45, 2.75) is 90.1 Å². The van der Waals surface area contributed by atoms with Crippen LogP contribution in [0.2, 0.25) is 0 Å². The summed E-state index contributed by atoms with van der Waals surface area (Å²) < 4.78 is 55.2. The quantitative estimate of drug-likeness (QED) is 0.143. The Kier molecular flexibility index (Phi) is 13.1. The van der Waals surface area contributed by atoms with E-state index in [1.165, 1.54) is 19.3 Å². The van der Waals surface area contributed by atoms with Gasteiger partial charge in [-0.15, -0.1) is 0 Å². The van der Waals surface area contributed by atoms with Crippen LogP contribution in [0.3, 0.4) is 0 Å². The number of hydrogen-bond acceptors (Lipinski definition) is 4. The van der Waals surface area contributed by atoms with E-state index in [0.29, 0.717) is 24.3 Å². The minimum Gasteiger partial charge on any atom is -0.494 e. The second-order valence-electron chi connectivity index (χ2n) is 12.4. The number of hydrogen-bond donors (Lipinski definition) is 0. The maximum Gasteiger partial charge on any atom is 0.194 e. The number of benzene rings is 2. The molecule has 0 saturated carbocycles. The fraction of sp³-hybridized carbons (Fsp3) is 0.568. The predicted molar refractivity (Wildman–Crippen MR) is 170 cm³/mol. The molecular formula is C37H50F2O4. The first-order valence-corrected chi connectivity index (χ1v) is 16.3. The van der Waals surface area contributed by atoms with Crippen LogP contribution >= 0.6 is 0 Å². The monoisotopic (exact) mass is 596 g/mol.